The highest BCUT2D eigenvalue weighted by molar-refractivity contribution is 6.07. The minimum Gasteiger partial charge on any atom is -0.197 e. The monoisotopic (exact) mass is 236 g/mol. The fraction of sp³-hybridized carbons (Fsp3) is 0.235. The Labute approximate surface area is 108 Å². The van der Waals surface area contributed by atoms with Crippen LogP contribution in [0.2, 0.25) is 0 Å². The van der Waals surface area contributed by atoms with E-state index in [1.165, 1.54) is 22.5 Å². The molecule has 0 aromatic heterocycles. The fourth-order valence-electron chi connectivity index (χ4n) is 3.11. The highest BCUT2D eigenvalue weighted by Gasteiger charge is 2.44. The van der Waals surface area contributed by atoms with Crippen LogP contribution in [-0.2, 0) is 5.41 Å². The van der Waals surface area contributed by atoms with Crippen LogP contribution in [0.15, 0.2) is 54.6 Å². The van der Waals surface area contributed by atoms with Crippen molar-refractivity contribution in [1.29, 1.82) is 0 Å². The third-order valence-electron chi connectivity index (χ3n) is 3.91. The average molecular weight is 236 g/mol. The van der Waals surface area contributed by atoms with E-state index >= 15 is 0 Å². The van der Waals surface area contributed by atoms with Gasteiger partial charge in [-0.1, -0.05) is 36.4 Å². The zero-order valence-corrected chi connectivity index (χ0v) is 11.1. The zero-order valence-electron chi connectivity index (χ0n) is 11.1. The van der Waals surface area contributed by atoms with Crippen LogP contribution in [0.1, 0.15) is 25.0 Å². The molecular weight excluding hydrogens is 218 g/mol. The molecule has 18 heavy (non-hydrogen) atoms. The summed E-state index contributed by atoms with van der Waals surface area (Å²) < 4.78 is 2.32. The maximum atomic E-state index is 2.32. The summed E-state index contributed by atoms with van der Waals surface area (Å²) in [6.07, 6.45) is 0. The van der Waals surface area contributed by atoms with Crippen molar-refractivity contribution in [2.45, 2.75) is 19.3 Å². The summed E-state index contributed by atoms with van der Waals surface area (Å²) in [4.78, 5) is 0. The van der Waals surface area contributed by atoms with Gasteiger partial charge in [0.05, 0.1) is 5.41 Å². The van der Waals surface area contributed by atoms with Crippen molar-refractivity contribution in [3.05, 3.63) is 65.7 Å². The van der Waals surface area contributed by atoms with Crippen molar-refractivity contribution in [3.63, 3.8) is 0 Å². The number of benzene rings is 2. The Morgan fingerprint density at radius 3 is 2.11 bits per heavy atom. The Morgan fingerprint density at radius 1 is 0.833 bits per heavy atom. The Balaban J connectivity index is 2.26. The van der Waals surface area contributed by atoms with Crippen LogP contribution in [0.5, 0.6) is 0 Å². The SMILES string of the molecule is C[N+]1=C(c2ccccc2)C(C)(C)c2ccccc21. The zero-order chi connectivity index (χ0) is 12.8. The van der Waals surface area contributed by atoms with Gasteiger partial charge in [-0.05, 0) is 26.0 Å². The maximum Gasteiger partial charge on any atom is 0.209 e. The summed E-state index contributed by atoms with van der Waals surface area (Å²) in [6, 6.07) is 19.3. The molecule has 0 fully saturated rings. The molecule has 1 aliphatic heterocycles. The van der Waals surface area contributed by atoms with Gasteiger partial charge in [-0.25, -0.2) is 0 Å². The van der Waals surface area contributed by atoms with Gasteiger partial charge in [0.2, 0.25) is 5.69 Å². The van der Waals surface area contributed by atoms with Crippen LogP contribution >= 0.6 is 0 Å². The second-order valence-electron chi connectivity index (χ2n) is 5.42. The topological polar surface area (TPSA) is 3.01 Å². The molecule has 1 heterocycles. The predicted molar refractivity (Wildman–Crippen MR) is 75.9 cm³/mol. The fourth-order valence-corrected chi connectivity index (χ4v) is 3.11. The van der Waals surface area contributed by atoms with Crippen molar-refractivity contribution in [1.82, 2.24) is 0 Å². The van der Waals surface area contributed by atoms with E-state index in [0.717, 1.165) is 0 Å². The second kappa shape index (κ2) is 3.81. The first kappa shape index (κ1) is 11.2. The molecule has 0 bridgehead atoms. The van der Waals surface area contributed by atoms with Crippen molar-refractivity contribution >= 4 is 11.4 Å². The van der Waals surface area contributed by atoms with Crippen molar-refractivity contribution in [2.75, 3.05) is 7.05 Å². The molecule has 0 amide bonds. The third-order valence-corrected chi connectivity index (χ3v) is 3.91. The highest BCUT2D eigenvalue weighted by atomic mass is 15.0. The minimum atomic E-state index is 0.0622. The molecule has 1 heteroatoms. The number of para-hydroxylation sites is 1. The molecule has 1 nitrogen and oxygen atoms in total. The number of hydrogen-bond acceptors (Lipinski definition) is 0. The Morgan fingerprint density at radius 2 is 1.44 bits per heavy atom. The minimum absolute atomic E-state index is 0.0622. The maximum absolute atomic E-state index is 2.32. The average Bonchev–Trinajstić information content (AvgIpc) is 2.59. The lowest BCUT2D eigenvalue weighted by atomic mass is 9.79. The van der Waals surface area contributed by atoms with Gasteiger partial charge in [-0.15, -0.1) is 0 Å². The van der Waals surface area contributed by atoms with E-state index in [0.29, 0.717) is 0 Å². The summed E-state index contributed by atoms with van der Waals surface area (Å²) in [6.45, 7) is 4.61. The molecule has 0 atom stereocenters. The van der Waals surface area contributed by atoms with E-state index in [1.54, 1.807) is 0 Å². The van der Waals surface area contributed by atoms with Crippen molar-refractivity contribution in [3.8, 4) is 0 Å². The van der Waals surface area contributed by atoms with Gasteiger partial charge in [-0.3, -0.25) is 0 Å². The third kappa shape index (κ3) is 1.43. The summed E-state index contributed by atoms with van der Waals surface area (Å²) in [7, 11) is 2.16. The molecular formula is C17H18N+. The number of nitrogens with zero attached hydrogens (tertiary/aromatic N) is 1. The van der Waals surface area contributed by atoms with Crippen LogP contribution < -0.4 is 0 Å². The Kier molecular flexibility index (Phi) is 2.37. The molecule has 1 aliphatic rings. The van der Waals surface area contributed by atoms with E-state index < -0.39 is 0 Å². The van der Waals surface area contributed by atoms with Gasteiger partial charge in [0, 0.05) is 17.2 Å². The van der Waals surface area contributed by atoms with Gasteiger partial charge in [0.1, 0.15) is 7.05 Å². The molecule has 0 spiro atoms. The standard InChI is InChI=1S/C17H18N/c1-17(2)14-11-7-8-12-15(14)18(3)16(17)13-9-5-4-6-10-13/h4-12H,1-3H3/q+1. The highest BCUT2D eigenvalue weighted by Crippen LogP contribution is 2.40. The number of rotatable bonds is 1. The molecule has 3 rings (SSSR count). The lowest BCUT2D eigenvalue weighted by molar-refractivity contribution is -0.401. The molecule has 0 saturated heterocycles. The molecule has 90 valence electrons. The van der Waals surface area contributed by atoms with Gasteiger partial charge >= 0.3 is 0 Å². The van der Waals surface area contributed by atoms with E-state index in [1.807, 2.05) is 0 Å². The molecule has 0 unspecified atom stereocenters. The van der Waals surface area contributed by atoms with Gasteiger partial charge in [-0.2, -0.15) is 4.58 Å². The molecule has 2 aromatic carbocycles. The van der Waals surface area contributed by atoms with Gasteiger partial charge in [0.25, 0.3) is 0 Å². The lowest BCUT2D eigenvalue weighted by Gasteiger charge is -2.17. The largest absolute Gasteiger partial charge is 0.209 e. The molecule has 0 aliphatic carbocycles. The van der Waals surface area contributed by atoms with Crippen LogP contribution in [0, 0.1) is 0 Å². The molecule has 0 saturated carbocycles. The number of hydrogen-bond donors (Lipinski definition) is 0. The first-order chi connectivity index (χ1) is 8.62. The summed E-state index contributed by atoms with van der Waals surface area (Å²) >= 11 is 0. The molecule has 0 radical (unpaired) electrons. The van der Waals surface area contributed by atoms with Gasteiger partial charge in [0.15, 0.2) is 5.71 Å². The normalized spacial score (nSPS) is 16.8. The Hall–Kier alpha value is -1.89. The second-order valence-corrected chi connectivity index (χ2v) is 5.42. The molecule has 2 aromatic rings. The summed E-state index contributed by atoms with van der Waals surface area (Å²) in [5, 5.41) is 0. The predicted octanol–water partition coefficient (Wildman–Crippen LogP) is 3.74. The van der Waals surface area contributed by atoms with E-state index in [2.05, 4.69) is 80.1 Å². The number of fused-ring (bicyclic) bond motifs is 1. The van der Waals surface area contributed by atoms with Crippen LogP contribution in [0.25, 0.3) is 0 Å². The van der Waals surface area contributed by atoms with Crippen molar-refractivity contribution < 1.29 is 4.58 Å². The van der Waals surface area contributed by atoms with E-state index in [-0.39, 0.29) is 5.41 Å². The first-order valence-electron chi connectivity index (χ1n) is 6.38. The lowest BCUT2D eigenvalue weighted by Crippen LogP contribution is -2.29. The van der Waals surface area contributed by atoms with Crippen molar-refractivity contribution in [2.24, 2.45) is 0 Å². The smallest absolute Gasteiger partial charge is 0.197 e. The van der Waals surface area contributed by atoms with E-state index in [4.69, 9.17) is 0 Å². The van der Waals surface area contributed by atoms with Gasteiger partial charge < -0.3 is 0 Å². The Bertz CT molecular complexity index is 621. The first-order valence-corrected chi connectivity index (χ1v) is 6.38. The van der Waals surface area contributed by atoms with Crippen LogP contribution in [0.3, 0.4) is 0 Å². The van der Waals surface area contributed by atoms with E-state index in [9.17, 15) is 0 Å². The summed E-state index contributed by atoms with van der Waals surface area (Å²) in [5.41, 5.74) is 5.48. The van der Waals surface area contributed by atoms with Crippen LogP contribution in [0.4, 0.5) is 5.69 Å². The summed E-state index contributed by atoms with van der Waals surface area (Å²) in [5.74, 6) is 0. The quantitative estimate of drug-likeness (QED) is 0.664. The van der Waals surface area contributed by atoms with Crippen LogP contribution in [-0.4, -0.2) is 17.3 Å². The molecule has 0 N–H and O–H groups in total.